The Bertz CT molecular complexity index is 520. The zero-order chi connectivity index (χ0) is 15.1. The number of nitrogens with one attached hydrogen (secondary N) is 1. The van der Waals surface area contributed by atoms with Gasteiger partial charge in [-0.3, -0.25) is 4.79 Å². The second kappa shape index (κ2) is 6.48. The predicted octanol–water partition coefficient (Wildman–Crippen LogP) is 2.36. The van der Waals surface area contributed by atoms with E-state index >= 15 is 0 Å². The first-order valence-electron chi connectivity index (χ1n) is 7.68. The first kappa shape index (κ1) is 17.7. The van der Waals surface area contributed by atoms with Gasteiger partial charge in [0.2, 0.25) is 5.91 Å². The summed E-state index contributed by atoms with van der Waals surface area (Å²) in [5, 5.41) is 7.21. The van der Waals surface area contributed by atoms with Crippen LogP contribution in [0.2, 0.25) is 0 Å². The Morgan fingerprint density at radius 2 is 2.32 bits per heavy atom. The zero-order valence-electron chi connectivity index (χ0n) is 13.1. The number of rotatable bonds is 4. The lowest BCUT2D eigenvalue weighted by Crippen LogP contribution is -2.82. The van der Waals surface area contributed by atoms with Gasteiger partial charge in [0.15, 0.2) is 0 Å². The topological polar surface area (TPSA) is 64.3 Å². The average molecular weight is 345 g/mol. The third kappa shape index (κ3) is 2.58. The molecule has 0 spiro atoms. The van der Waals surface area contributed by atoms with Gasteiger partial charge in [-0.25, -0.2) is 0 Å². The van der Waals surface area contributed by atoms with E-state index in [0.29, 0.717) is 6.54 Å². The maximum atomic E-state index is 12.7. The van der Waals surface area contributed by atoms with Crippen molar-refractivity contribution in [2.24, 2.45) is 17.1 Å². The smallest absolute Gasteiger partial charge is 0.241 e. The van der Waals surface area contributed by atoms with Crippen LogP contribution in [-0.2, 0) is 16.0 Å². The fourth-order valence-corrected chi connectivity index (χ4v) is 4.64. The molecule has 124 valence electrons. The Labute approximate surface area is 142 Å². The highest BCUT2D eigenvalue weighted by molar-refractivity contribution is 7.07. The second-order valence-electron chi connectivity index (χ2n) is 6.77. The fourth-order valence-electron chi connectivity index (χ4n) is 3.94. The summed E-state index contributed by atoms with van der Waals surface area (Å²) in [6.07, 6.45) is 2.97. The summed E-state index contributed by atoms with van der Waals surface area (Å²) in [5.74, 6) is 0.136. The van der Waals surface area contributed by atoms with Gasteiger partial charge in [-0.15, -0.1) is 12.4 Å². The lowest BCUT2D eigenvalue weighted by molar-refractivity contribution is -0.225. The first-order valence-corrected chi connectivity index (χ1v) is 8.62. The van der Waals surface area contributed by atoms with Crippen LogP contribution in [0.5, 0.6) is 0 Å². The van der Waals surface area contributed by atoms with Crippen LogP contribution in [0.25, 0.3) is 0 Å². The lowest BCUT2D eigenvalue weighted by Gasteiger charge is -2.65. The van der Waals surface area contributed by atoms with Crippen molar-refractivity contribution in [3.63, 3.8) is 0 Å². The molecule has 22 heavy (non-hydrogen) atoms. The molecule has 2 aliphatic rings. The SMILES string of the molecule is CC1(C)C2OCCCC2C1(N)C(=O)NCCc1ccsc1.Cl. The van der Waals surface area contributed by atoms with Crippen LogP contribution in [0.15, 0.2) is 16.8 Å². The van der Waals surface area contributed by atoms with Gasteiger partial charge in [-0.1, -0.05) is 13.8 Å². The van der Waals surface area contributed by atoms with Crippen LogP contribution < -0.4 is 11.1 Å². The molecule has 0 bridgehead atoms. The highest BCUT2D eigenvalue weighted by atomic mass is 35.5. The van der Waals surface area contributed by atoms with E-state index < -0.39 is 5.54 Å². The molecular formula is C16H25ClN2O2S. The summed E-state index contributed by atoms with van der Waals surface area (Å²) in [6.45, 7) is 5.54. The summed E-state index contributed by atoms with van der Waals surface area (Å²) in [4.78, 5) is 12.7. The molecule has 3 unspecified atom stereocenters. The Morgan fingerprint density at radius 1 is 1.55 bits per heavy atom. The van der Waals surface area contributed by atoms with Crippen molar-refractivity contribution in [3.8, 4) is 0 Å². The summed E-state index contributed by atoms with van der Waals surface area (Å²) in [7, 11) is 0. The Balaban J connectivity index is 0.00000176. The third-order valence-corrected chi connectivity index (χ3v) is 6.07. The van der Waals surface area contributed by atoms with Gasteiger partial charge >= 0.3 is 0 Å². The summed E-state index contributed by atoms with van der Waals surface area (Å²) in [5.41, 5.74) is 6.71. The van der Waals surface area contributed by atoms with E-state index in [0.717, 1.165) is 25.9 Å². The maximum absolute atomic E-state index is 12.7. The number of thiophene rings is 1. The Morgan fingerprint density at radius 3 is 3.00 bits per heavy atom. The molecule has 1 aromatic rings. The van der Waals surface area contributed by atoms with Gasteiger partial charge in [0.25, 0.3) is 0 Å². The number of hydrogen-bond donors (Lipinski definition) is 2. The molecule has 1 saturated heterocycles. The quantitative estimate of drug-likeness (QED) is 0.881. The lowest BCUT2D eigenvalue weighted by atomic mass is 9.46. The van der Waals surface area contributed by atoms with E-state index in [1.54, 1.807) is 11.3 Å². The molecule has 2 fully saturated rings. The second-order valence-corrected chi connectivity index (χ2v) is 7.55. The minimum atomic E-state index is -0.799. The van der Waals surface area contributed by atoms with Gasteiger partial charge in [-0.05, 0) is 41.7 Å². The van der Waals surface area contributed by atoms with Crippen LogP contribution in [0.4, 0.5) is 0 Å². The highest BCUT2D eigenvalue weighted by Crippen LogP contribution is 2.57. The number of halogens is 1. The standard InChI is InChI=1S/C16H24N2O2S.ClH/c1-15(2)13-12(4-3-8-20-13)16(15,17)14(19)18-7-5-11-6-9-21-10-11;/h6,9-10,12-13H,3-5,7-8,17H2,1-2H3,(H,18,19);1H. The van der Waals surface area contributed by atoms with E-state index in [4.69, 9.17) is 10.5 Å². The highest BCUT2D eigenvalue weighted by Gasteiger charge is 2.70. The number of fused-ring (bicyclic) bond motifs is 1. The van der Waals surface area contributed by atoms with E-state index in [9.17, 15) is 4.79 Å². The summed E-state index contributed by atoms with van der Waals surface area (Å²) in [6, 6.07) is 2.09. The minimum Gasteiger partial charge on any atom is -0.377 e. The molecule has 0 aromatic carbocycles. The monoisotopic (exact) mass is 344 g/mol. The summed E-state index contributed by atoms with van der Waals surface area (Å²) < 4.78 is 5.84. The minimum absolute atomic E-state index is 0. The normalized spacial score (nSPS) is 32.3. The van der Waals surface area contributed by atoms with Crippen molar-refractivity contribution < 1.29 is 9.53 Å². The Kier molecular flexibility index (Phi) is 5.22. The molecule has 1 aliphatic heterocycles. The van der Waals surface area contributed by atoms with Gasteiger partial charge in [0.05, 0.1) is 6.10 Å². The first-order chi connectivity index (χ1) is 9.98. The number of carbonyl (C=O) groups is 1. The number of ether oxygens (including phenoxy) is 1. The molecule has 3 atom stereocenters. The van der Waals surface area contributed by atoms with Crippen LogP contribution in [0, 0.1) is 11.3 Å². The fraction of sp³-hybridized carbons (Fsp3) is 0.688. The molecule has 4 nitrogen and oxygen atoms in total. The van der Waals surface area contributed by atoms with Gasteiger partial charge < -0.3 is 15.8 Å². The van der Waals surface area contributed by atoms with E-state index in [1.165, 1.54) is 5.56 Å². The third-order valence-electron chi connectivity index (χ3n) is 5.34. The molecule has 3 N–H and O–H groups in total. The Hall–Kier alpha value is -0.620. The number of hydrogen-bond acceptors (Lipinski definition) is 4. The van der Waals surface area contributed by atoms with Crippen molar-refractivity contribution in [1.82, 2.24) is 5.32 Å². The van der Waals surface area contributed by atoms with Crippen LogP contribution >= 0.6 is 23.7 Å². The molecule has 1 saturated carbocycles. The molecule has 1 amide bonds. The van der Waals surface area contributed by atoms with Gasteiger partial charge in [0, 0.05) is 24.5 Å². The van der Waals surface area contributed by atoms with Crippen molar-refractivity contribution in [2.45, 2.75) is 44.8 Å². The molecule has 0 radical (unpaired) electrons. The number of carbonyl (C=O) groups excluding carboxylic acids is 1. The van der Waals surface area contributed by atoms with Crippen LogP contribution in [0.1, 0.15) is 32.3 Å². The average Bonchev–Trinajstić information content (AvgIpc) is 2.99. The molecule has 1 aliphatic carbocycles. The molecule has 1 aromatic heterocycles. The van der Waals surface area contributed by atoms with Gasteiger partial charge in [0.1, 0.15) is 5.54 Å². The van der Waals surface area contributed by atoms with Crippen molar-refractivity contribution >= 4 is 29.7 Å². The van der Waals surface area contributed by atoms with Crippen molar-refractivity contribution in [3.05, 3.63) is 22.4 Å². The largest absolute Gasteiger partial charge is 0.377 e. The van der Waals surface area contributed by atoms with E-state index in [2.05, 4.69) is 36.0 Å². The molecule has 3 rings (SSSR count). The number of amides is 1. The molecule has 6 heteroatoms. The number of nitrogens with two attached hydrogens (primary N) is 1. The maximum Gasteiger partial charge on any atom is 0.241 e. The van der Waals surface area contributed by atoms with E-state index in [1.807, 2.05) is 0 Å². The van der Waals surface area contributed by atoms with Crippen LogP contribution in [0.3, 0.4) is 0 Å². The van der Waals surface area contributed by atoms with Crippen molar-refractivity contribution in [2.75, 3.05) is 13.2 Å². The van der Waals surface area contributed by atoms with Crippen LogP contribution in [-0.4, -0.2) is 30.7 Å². The molecular weight excluding hydrogens is 320 g/mol. The van der Waals surface area contributed by atoms with Gasteiger partial charge in [-0.2, -0.15) is 11.3 Å². The summed E-state index contributed by atoms with van der Waals surface area (Å²) >= 11 is 1.68. The zero-order valence-corrected chi connectivity index (χ0v) is 14.8. The van der Waals surface area contributed by atoms with Crippen molar-refractivity contribution in [1.29, 1.82) is 0 Å². The molecule has 2 heterocycles. The predicted molar refractivity (Wildman–Crippen MR) is 91.4 cm³/mol. The van der Waals surface area contributed by atoms with E-state index in [-0.39, 0.29) is 35.8 Å².